The second-order valence-corrected chi connectivity index (χ2v) is 10.5. The molecule has 3 aromatic rings. The molecule has 1 aromatic carbocycles. The fourth-order valence-electron chi connectivity index (χ4n) is 4.43. The quantitative estimate of drug-likeness (QED) is 0.266. The lowest BCUT2D eigenvalue weighted by atomic mass is 9.84. The van der Waals surface area contributed by atoms with Crippen molar-refractivity contribution in [1.82, 2.24) is 24.9 Å². The zero-order valence-electron chi connectivity index (χ0n) is 22.7. The Bertz CT molecular complexity index is 1300. The zero-order chi connectivity index (χ0) is 29.7. The molecule has 2 amide bonds. The van der Waals surface area contributed by atoms with Crippen molar-refractivity contribution >= 4 is 23.6 Å². The lowest BCUT2D eigenvalue weighted by Gasteiger charge is -2.42. The highest BCUT2D eigenvalue weighted by atomic mass is 19.4. The molecule has 13 heteroatoms. The third kappa shape index (κ3) is 7.27. The highest BCUT2D eigenvalue weighted by Gasteiger charge is 2.43. The van der Waals surface area contributed by atoms with Gasteiger partial charge in [0.05, 0.1) is 30.0 Å². The summed E-state index contributed by atoms with van der Waals surface area (Å²) in [6.07, 6.45) is -1.73. The fraction of sp³-hybridized carbons (Fsp3) is 0.444. The molecule has 40 heavy (non-hydrogen) atoms. The van der Waals surface area contributed by atoms with Crippen LogP contribution in [-0.2, 0) is 22.3 Å². The number of ketones is 1. The molecule has 0 fully saturated rings. The number of benzene rings is 1. The van der Waals surface area contributed by atoms with Crippen molar-refractivity contribution in [3.05, 3.63) is 54.4 Å². The van der Waals surface area contributed by atoms with Crippen LogP contribution in [0.15, 0.2) is 48.8 Å². The Labute approximate surface area is 229 Å². The van der Waals surface area contributed by atoms with E-state index in [0.717, 1.165) is 17.0 Å². The van der Waals surface area contributed by atoms with E-state index in [1.807, 2.05) is 6.92 Å². The highest BCUT2D eigenvalue weighted by Crippen LogP contribution is 2.33. The Morgan fingerprint density at radius 3 is 2.27 bits per heavy atom. The number of amides is 2. The minimum absolute atomic E-state index is 0.0166. The predicted octanol–water partition coefficient (Wildman–Crippen LogP) is 5.45. The van der Waals surface area contributed by atoms with Crippen LogP contribution in [0.4, 0.5) is 23.8 Å². The Morgan fingerprint density at radius 2 is 1.75 bits per heavy atom. The van der Waals surface area contributed by atoms with Gasteiger partial charge in [-0.15, -0.1) is 0 Å². The number of aromatic amines is 1. The zero-order valence-corrected chi connectivity index (χ0v) is 22.7. The number of carbonyl (C=O) groups excluding carboxylic acids is 2. The molecular formula is C27H33F3N6O4. The van der Waals surface area contributed by atoms with Gasteiger partial charge in [-0.25, -0.2) is 4.79 Å². The van der Waals surface area contributed by atoms with Gasteiger partial charge < -0.3 is 10.4 Å². The Hall–Kier alpha value is -4.16. The molecule has 2 aromatic heterocycles. The summed E-state index contributed by atoms with van der Waals surface area (Å²) in [5.74, 6) is -1.70. The number of anilines is 1. The van der Waals surface area contributed by atoms with Crippen molar-refractivity contribution in [3.63, 3.8) is 0 Å². The summed E-state index contributed by atoms with van der Waals surface area (Å²) < 4.78 is 40.7. The standard InChI is InChI=1S/C27H33F3N6O4/c1-5-6-7-20(23(37)24(38)33-22-13-14-31-34-22)36(25(39)40)21(26(2,3)4)16-35-19(12-15-32-35)17-8-10-18(11-9-17)27(28,29)30/h8-15,20-21H,5-7,16H2,1-4H3,(H,39,40)(H2,31,33,34,38)/t20-,21?/m0/s1. The molecular weight excluding hydrogens is 529 g/mol. The molecule has 0 aliphatic rings. The largest absolute Gasteiger partial charge is 0.465 e. The van der Waals surface area contributed by atoms with Crippen LogP contribution in [-0.4, -0.2) is 59.9 Å². The molecule has 10 nitrogen and oxygen atoms in total. The van der Waals surface area contributed by atoms with Gasteiger partial charge in [0.25, 0.3) is 5.91 Å². The van der Waals surface area contributed by atoms with E-state index in [-0.39, 0.29) is 18.8 Å². The number of carboxylic acid groups (broad SMARTS) is 1. The van der Waals surface area contributed by atoms with Crippen molar-refractivity contribution in [2.24, 2.45) is 5.41 Å². The number of halogens is 3. The summed E-state index contributed by atoms with van der Waals surface area (Å²) in [5.41, 5.74) is -0.594. The van der Waals surface area contributed by atoms with Gasteiger partial charge in [0.2, 0.25) is 5.78 Å². The molecule has 0 saturated carbocycles. The van der Waals surface area contributed by atoms with Gasteiger partial charge >= 0.3 is 12.3 Å². The van der Waals surface area contributed by atoms with Crippen LogP contribution in [0.25, 0.3) is 11.3 Å². The third-order valence-corrected chi connectivity index (χ3v) is 6.57. The molecule has 0 bridgehead atoms. The van der Waals surface area contributed by atoms with Crippen molar-refractivity contribution in [3.8, 4) is 11.3 Å². The number of nitrogens with one attached hydrogen (secondary N) is 2. The highest BCUT2D eigenvalue weighted by molar-refractivity contribution is 6.42. The van der Waals surface area contributed by atoms with Gasteiger partial charge in [0, 0.05) is 12.3 Å². The summed E-state index contributed by atoms with van der Waals surface area (Å²) >= 11 is 0. The first-order valence-corrected chi connectivity index (χ1v) is 12.8. The number of rotatable bonds is 11. The number of H-pyrrole nitrogens is 1. The van der Waals surface area contributed by atoms with Gasteiger partial charge in [-0.3, -0.25) is 24.3 Å². The predicted molar refractivity (Wildman–Crippen MR) is 141 cm³/mol. The van der Waals surface area contributed by atoms with Crippen molar-refractivity contribution < 1.29 is 32.7 Å². The first kappa shape index (κ1) is 30.4. The molecule has 0 radical (unpaired) electrons. The number of aromatic nitrogens is 4. The smallest absolute Gasteiger partial charge is 0.416 e. The normalized spacial score (nSPS) is 13.5. The molecule has 1 unspecified atom stereocenters. The second-order valence-electron chi connectivity index (χ2n) is 10.5. The van der Waals surface area contributed by atoms with Gasteiger partial charge in [0.1, 0.15) is 11.9 Å². The minimum atomic E-state index is -4.48. The van der Waals surface area contributed by atoms with E-state index in [1.54, 1.807) is 26.8 Å². The maximum absolute atomic E-state index is 13.4. The molecule has 0 spiro atoms. The average Bonchev–Trinajstić information content (AvgIpc) is 3.56. The van der Waals surface area contributed by atoms with E-state index in [1.165, 1.54) is 35.3 Å². The third-order valence-electron chi connectivity index (χ3n) is 6.57. The topological polar surface area (TPSA) is 133 Å². The van der Waals surface area contributed by atoms with Gasteiger partial charge in [-0.2, -0.15) is 23.4 Å². The second kappa shape index (κ2) is 12.3. The maximum Gasteiger partial charge on any atom is 0.416 e. The average molecular weight is 563 g/mol. The van der Waals surface area contributed by atoms with Gasteiger partial charge in [-0.05, 0) is 35.6 Å². The van der Waals surface area contributed by atoms with E-state index in [4.69, 9.17) is 0 Å². The maximum atomic E-state index is 13.4. The summed E-state index contributed by atoms with van der Waals surface area (Å²) in [6.45, 7) is 7.29. The summed E-state index contributed by atoms with van der Waals surface area (Å²) in [7, 11) is 0. The summed E-state index contributed by atoms with van der Waals surface area (Å²) in [5, 5.41) is 23.4. The monoisotopic (exact) mass is 562 g/mol. The molecule has 3 N–H and O–H groups in total. The molecule has 0 aliphatic heterocycles. The fourth-order valence-corrected chi connectivity index (χ4v) is 4.43. The van der Waals surface area contributed by atoms with Crippen molar-refractivity contribution in [2.45, 2.75) is 71.8 Å². The van der Waals surface area contributed by atoms with Gasteiger partial charge in [-0.1, -0.05) is 52.7 Å². The number of alkyl halides is 3. The van der Waals surface area contributed by atoms with Crippen LogP contribution >= 0.6 is 0 Å². The number of hydrogen-bond acceptors (Lipinski definition) is 5. The van der Waals surface area contributed by atoms with E-state index >= 15 is 0 Å². The first-order valence-electron chi connectivity index (χ1n) is 12.8. The van der Waals surface area contributed by atoms with Crippen LogP contribution in [0.5, 0.6) is 0 Å². The van der Waals surface area contributed by atoms with E-state index < -0.39 is 47.0 Å². The van der Waals surface area contributed by atoms with E-state index in [9.17, 15) is 32.7 Å². The lowest BCUT2D eigenvalue weighted by Crippen LogP contribution is -2.58. The number of carbonyl (C=O) groups is 3. The van der Waals surface area contributed by atoms with E-state index in [0.29, 0.717) is 24.1 Å². The van der Waals surface area contributed by atoms with Crippen LogP contribution in [0.1, 0.15) is 52.5 Å². The molecule has 3 rings (SSSR count). The molecule has 216 valence electrons. The first-order chi connectivity index (χ1) is 18.7. The number of nitrogens with zero attached hydrogens (tertiary/aromatic N) is 4. The van der Waals surface area contributed by atoms with E-state index in [2.05, 4.69) is 20.6 Å². The Kier molecular flexibility index (Phi) is 9.38. The van der Waals surface area contributed by atoms with Gasteiger partial charge in [0.15, 0.2) is 0 Å². The van der Waals surface area contributed by atoms with Crippen LogP contribution in [0, 0.1) is 5.41 Å². The molecule has 2 atom stereocenters. The number of Topliss-reactive ketones (excluding diaryl/α,β-unsaturated/α-hetero) is 1. The van der Waals surface area contributed by atoms with Crippen LogP contribution < -0.4 is 5.32 Å². The van der Waals surface area contributed by atoms with Crippen molar-refractivity contribution in [1.29, 1.82) is 0 Å². The van der Waals surface area contributed by atoms with Crippen molar-refractivity contribution in [2.75, 3.05) is 5.32 Å². The van der Waals surface area contributed by atoms with Crippen LogP contribution in [0.3, 0.4) is 0 Å². The molecule has 2 heterocycles. The van der Waals surface area contributed by atoms with Crippen LogP contribution in [0.2, 0.25) is 0 Å². The summed E-state index contributed by atoms with van der Waals surface area (Å²) in [4.78, 5) is 40.0. The Balaban J connectivity index is 1.98. The number of unbranched alkanes of at least 4 members (excludes halogenated alkanes) is 1. The lowest BCUT2D eigenvalue weighted by molar-refractivity contribution is -0.139. The number of hydrogen-bond donors (Lipinski definition) is 3. The Morgan fingerprint density at radius 1 is 1.07 bits per heavy atom. The SMILES string of the molecule is CCCC[C@@H](C(=O)C(=O)Nc1ccn[nH]1)N(C(=O)O)C(Cn1nccc1-c1ccc(C(F)(F)F)cc1)C(C)(C)C. The molecule has 0 saturated heterocycles. The molecule has 0 aliphatic carbocycles. The minimum Gasteiger partial charge on any atom is -0.465 e. The summed E-state index contributed by atoms with van der Waals surface area (Å²) in [6, 6.07) is 5.53.